The van der Waals surface area contributed by atoms with Crippen molar-refractivity contribution >= 4 is 37.1 Å². The van der Waals surface area contributed by atoms with Crippen LogP contribution in [0.2, 0.25) is 5.02 Å². The van der Waals surface area contributed by atoms with Gasteiger partial charge in [0.1, 0.15) is 5.78 Å². The van der Waals surface area contributed by atoms with Crippen LogP contribution in [0.4, 0.5) is 0 Å². The van der Waals surface area contributed by atoms with Gasteiger partial charge in [0.25, 0.3) is 0 Å². The van der Waals surface area contributed by atoms with Crippen molar-refractivity contribution in [3.05, 3.63) is 130 Å². The van der Waals surface area contributed by atoms with Crippen molar-refractivity contribution < 1.29 is 21.6 Å². The summed E-state index contributed by atoms with van der Waals surface area (Å²) in [6, 6.07) is 28.5. The molecule has 0 saturated heterocycles. The van der Waals surface area contributed by atoms with Gasteiger partial charge in [0.2, 0.25) is 0 Å². The molecule has 0 aliphatic heterocycles. The lowest BCUT2D eigenvalue weighted by Gasteiger charge is -2.48. The Hall–Kier alpha value is -3.26. The maximum atomic E-state index is 14.7. The second-order valence-electron chi connectivity index (χ2n) is 12.8. The highest BCUT2D eigenvalue weighted by molar-refractivity contribution is 7.92. The predicted octanol–water partition coefficient (Wildman–Crippen LogP) is 7.82. The molecule has 0 bridgehead atoms. The van der Waals surface area contributed by atoms with Gasteiger partial charge in [0, 0.05) is 29.2 Å². The number of hydrogen-bond acceptors (Lipinski definition) is 5. The van der Waals surface area contributed by atoms with Crippen LogP contribution < -0.4 is 0 Å². The Balaban J connectivity index is 1.51. The van der Waals surface area contributed by atoms with Gasteiger partial charge in [-0.2, -0.15) is 0 Å². The van der Waals surface area contributed by atoms with E-state index in [0.717, 1.165) is 27.8 Å². The summed E-state index contributed by atoms with van der Waals surface area (Å²) in [4.78, 5) is 14.5. The molecule has 45 heavy (non-hydrogen) atoms. The minimum atomic E-state index is -3.93. The van der Waals surface area contributed by atoms with E-state index in [1.165, 1.54) is 0 Å². The largest absolute Gasteiger partial charge is 0.299 e. The van der Waals surface area contributed by atoms with E-state index in [2.05, 4.69) is 0 Å². The van der Waals surface area contributed by atoms with Crippen molar-refractivity contribution in [2.75, 3.05) is 0 Å². The number of sulfone groups is 2. The third-order valence-electron chi connectivity index (χ3n) is 9.89. The van der Waals surface area contributed by atoms with E-state index in [-0.39, 0.29) is 34.8 Å². The Morgan fingerprint density at radius 3 is 1.53 bits per heavy atom. The SMILES string of the molecule is Cc1ccc(C2CC(=O)[C@@H]3CC(S(=O)(=O)c4ccc(C)cc4)C(c4ccc(Cl)cc4)C[C@@H]3C2S(=O)(=O)c2ccc(C)cc2)cc1. The average molecular weight is 661 g/mol. The molecule has 0 N–H and O–H groups in total. The monoisotopic (exact) mass is 660 g/mol. The number of aryl methyl sites for hydroxylation is 3. The predicted molar refractivity (Wildman–Crippen MR) is 178 cm³/mol. The van der Waals surface area contributed by atoms with Crippen LogP contribution in [-0.2, 0) is 24.5 Å². The van der Waals surface area contributed by atoms with Gasteiger partial charge in [-0.1, -0.05) is 89.0 Å². The Labute approximate surface area is 271 Å². The van der Waals surface area contributed by atoms with Crippen molar-refractivity contribution in [1.29, 1.82) is 0 Å². The lowest BCUT2D eigenvalue weighted by atomic mass is 9.61. The van der Waals surface area contributed by atoms with Gasteiger partial charge in [-0.15, -0.1) is 0 Å². The molecule has 8 heteroatoms. The highest BCUT2D eigenvalue weighted by Gasteiger charge is 2.56. The van der Waals surface area contributed by atoms with Gasteiger partial charge >= 0.3 is 0 Å². The van der Waals surface area contributed by atoms with Gasteiger partial charge in [-0.25, -0.2) is 16.8 Å². The van der Waals surface area contributed by atoms with Crippen LogP contribution >= 0.6 is 11.6 Å². The first-order valence-corrected chi connectivity index (χ1v) is 18.8. The van der Waals surface area contributed by atoms with Crippen molar-refractivity contribution in [2.24, 2.45) is 11.8 Å². The maximum absolute atomic E-state index is 14.7. The Morgan fingerprint density at radius 2 is 1.00 bits per heavy atom. The Bertz CT molecular complexity index is 1920. The van der Waals surface area contributed by atoms with E-state index in [4.69, 9.17) is 11.6 Å². The van der Waals surface area contributed by atoms with E-state index in [0.29, 0.717) is 5.02 Å². The number of ketones is 1. The first-order chi connectivity index (χ1) is 21.4. The van der Waals surface area contributed by atoms with E-state index >= 15 is 0 Å². The zero-order valence-electron chi connectivity index (χ0n) is 25.6. The molecule has 234 valence electrons. The number of Topliss-reactive ketones (excluding diaryl/α,β-unsaturated/α-hetero) is 1. The van der Waals surface area contributed by atoms with Crippen LogP contribution in [0.5, 0.6) is 0 Å². The number of benzene rings is 4. The molecule has 2 fully saturated rings. The number of fused-ring (bicyclic) bond motifs is 1. The third-order valence-corrected chi connectivity index (χ3v) is 14.7. The first kappa shape index (κ1) is 31.7. The molecule has 5 nitrogen and oxygen atoms in total. The molecule has 0 radical (unpaired) electrons. The van der Waals surface area contributed by atoms with E-state index in [1.807, 2.05) is 57.2 Å². The normalized spacial score (nSPS) is 25.5. The van der Waals surface area contributed by atoms with E-state index < -0.39 is 53.8 Å². The highest BCUT2D eigenvalue weighted by Crippen LogP contribution is 2.54. The number of carbonyl (C=O) groups excluding carboxylic acids is 1. The summed E-state index contributed by atoms with van der Waals surface area (Å²) in [7, 11) is -7.80. The standard InChI is InChI=1S/C37H37ClO5S2/c1-23-4-10-27(11-5-23)32-21-35(39)33-22-36(44(40,41)29-16-6-24(2)7-17-29)31(26-12-14-28(38)15-13-26)20-34(33)37(32)45(42,43)30-18-8-25(3)9-19-30/h4-19,31-34,36-37H,20-22H2,1-3H3/t31?,32?,33-,34+,36?,37?/m1/s1. The van der Waals surface area contributed by atoms with Gasteiger partial charge in [-0.05, 0) is 87.1 Å². The summed E-state index contributed by atoms with van der Waals surface area (Å²) in [5, 5.41) is -1.27. The molecule has 6 rings (SSSR count). The molecule has 2 saturated carbocycles. The minimum Gasteiger partial charge on any atom is -0.299 e. The number of hydrogen-bond donors (Lipinski definition) is 0. The lowest BCUT2D eigenvalue weighted by Crippen LogP contribution is -2.53. The van der Waals surface area contributed by atoms with Gasteiger partial charge in [0.15, 0.2) is 19.7 Å². The van der Waals surface area contributed by atoms with Crippen molar-refractivity contribution in [1.82, 2.24) is 0 Å². The fourth-order valence-corrected chi connectivity index (χ4v) is 11.9. The molecule has 6 atom stereocenters. The quantitative estimate of drug-likeness (QED) is 0.211. The van der Waals surface area contributed by atoms with Crippen molar-refractivity contribution in [3.63, 3.8) is 0 Å². The van der Waals surface area contributed by atoms with Gasteiger partial charge < -0.3 is 0 Å². The van der Waals surface area contributed by atoms with Crippen LogP contribution in [-0.4, -0.2) is 33.1 Å². The first-order valence-electron chi connectivity index (χ1n) is 15.3. The topological polar surface area (TPSA) is 85.3 Å². The van der Waals surface area contributed by atoms with Crippen LogP contribution in [0.25, 0.3) is 0 Å². The Kier molecular flexibility index (Phi) is 8.57. The molecular weight excluding hydrogens is 624 g/mol. The average Bonchev–Trinajstić information content (AvgIpc) is 3.01. The smallest absolute Gasteiger partial charge is 0.182 e. The van der Waals surface area contributed by atoms with E-state index in [1.54, 1.807) is 60.7 Å². The molecule has 4 aromatic rings. The van der Waals surface area contributed by atoms with Gasteiger partial charge in [0.05, 0.1) is 20.3 Å². The molecule has 0 spiro atoms. The van der Waals surface area contributed by atoms with Crippen molar-refractivity contribution in [2.45, 2.75) is 72.2 Å². The van der Waals surface area contributed by atoms with Crippen LogP contribution in [0.15, 0.2) is 107 Å². The van der Waals surface area contributed by atoms with E-state index in [9.17, 15) is 21.6 Å². The lowest BCUT2D eigenvalue weighted by molar-refractivity contribution is -0.128. The minimum absolute atomic E-state index is 0.0445. The molecule has 2 aliphatic carbocycles. The zero-order chi connectivity index (χ0) is 32.1. The summed E-state index contributed by atoms with van der Waals surface area (Å²) in [5.41, 5.74) is 4.52. The molecule has 0 aromatic heterocycles. The number of rotatable bonds is 6. The second-order valence-corrected chi connectivity index (χ2v) is 17.5. The molecule has 4 aromatic carbocycles. The highest BCUT2D eigenvalue weighted by atomic mass is 35.5. The molecule has 2 aliphatic rings. The third kappa shape index (κ3) is 6.02. The summed E-state index contributed by atoms with van der Waals surface area (Å²) in [6.45, 7) is 5.78. The second kappa shape index (κ2) is 12.2. The van der Waals surface area contributed by atoms with Gasteiger partial charge in [-0.3, -0.25) is 4.79 Å². The Morgan fingerprint density at radius 1 is 0.556 bits per heavy atom. The van der Waals surface area contributed by atoms with Crippen molar-refractivity contribution in [3.8, 4) is 0 Å². The summed E-state index contributed by atoms with van der Waals surface area (Å²) >= 11 is 6.24. The van der Waals surface area contributed by atoms with Crippen LogP contribution in [0.3, 0.4) is 0 Å². The molecular formula is C37H37ClO5S2. The number of halogens is 1. The van der Waals surface area contributed by atoms with Crippen LogP contribution in [0.1, 0.15) is 58.9 Å². The molecule has 4 unspecified atom stereocenters. The fraction of sp³-hybridized carbons (Fsp3) is 0.324. The summed E-state index contributed by atoms with van der Waals surface area (Å²) in [6.07, 6.45) is 0.350. The van der Waals surface area contributed by atoms with Crippen LogP contribution in [0, 0.1) is 32.6 Å². The summed E-state index contributed by atoms with van der Waals surface area (Å²) < 4.78 is 58.0. The molecule has 0 amide bonds. The zero-order valence-corrected chi connectivity index (χ0v) is 27.9. The number of carbonyl (C=O) groups is 1. The molecule has 0 heterocycles. The fourth-order valence-electron chi connectivity index (χ4n) is 7.47. The maximum Gasteiger partial charge on any atom is 0.182 e. The summed E-state index contributed by atoms with van der Waals surface area (Å²) in [5.74, 6) is -2.43.